The van der Waals surface area contributed by atoms with Gasteiger partial charge in [-0.1, -0.05) is 6.07 Å². The molecule has 0 radical (unpaired) electrons. The smallest absolute Gasteiger partial charge is 0.308 e. The van der Waals surface area contributed by atoms with Crippen LogP contribution < -0.4 is 33.2 Å². The SMILES string of the molecule is COc1cc2c(cc1OC)-c1c(-c3ccc(OC)c(OC(C)=O)c3)c(-c3cc(OC)c(OC(C)=O)cc3OC)c(C=O)n1CC2. The highest BCUT2D eigenvalue weighted by atomic mass is 16.6. The van der Waals surface area contributed by atoms with E-state index in [1.54, 1.807) is 38.5 Å². The van der Waals surface area contributed by atoms with Gasteiger partial charge in [-0.25, -0.2) is 0 Å². The van der Waals surface area contributed by atoms with Gasteiger partial charge in [0.2, 0.25) is 0 Å². The van der Waals surface area contributed by atoms with E-state index in [-0.39, 0.29) is 17.2 Å². The van der Waals surface area contributed by atoms with Crippen molar-refractivity contribution >= 4 is 18.2 Å². The minimum Gasteiger partial charge on any atom is -0.496 e. The molecule has 1 aliphatic rings. The number of carbonyl (C=O) groups is 3. The molecule has 0 spiro atoms. The zero-order valence-corrected chi connectivity index (χ0v) is 26.1. The van der Waals surface area contributed by atoms with E-state index in [2.05, 4.69) is 0 Å². The molecule has 1 aromatic heterocycles. The molecular weight excluding hydrogens is 582 g/mol. The third-order valence-corrected chi connectivity index (χ3v) is 7.60. The summed E-state index contributed by atoms with van der Waals surface area (Å²) in [5, 5.41) is 0. The van der Waals surface area contributed by atoms with Crippen molar-refractivity contribution in [2.75, 3.05) is 35.5 Å². The number of carbonyl (C=O) groups excluding carboxylic acids is 3. The van der Waals surface area contributed by atoms with Crippen molar-refractivity contribution in [2.45, 2.75) is 26.8 Å². The van der Waals surface area contributed by atoms with Crippen LogP contribution in [0.15, 0.2) is 42.5 Å². The highest BCUT2D eigenvalue weighted by Crippen LogP contribution is 2.53. The normalized spacial score (nSPS) is 11.5. The Bertz CT molecular complexity index is 1820. The van der Waals surface area contributed by atoms with Crippen LogP contribution in [0.25, 0.3) is 33.5 Å². The molecular formula is C34H33NO10. The van der Waals surface area contributed by atoms with Crippen molar-refractivity contribution in [1.82, 2.24) is 4.57 Å². The third-order valence-electron chi connectivity index (χ3n) is 7.60. The van der Waals surface area contributed by atoms with E-state index in [1.165, 1.54) is 35.2 Å². The van der Waals surface area contributed by atoms with Gasteiger partial charge in [0.1, 0.15) is 5.75 Å². The Morgan fingerprint density at radius 1 is 0.644 bits per heavy atom. The number of fused-ring (bicyclic) bond motifs is 3. The zero-order chi connectivity index (χ0) is 32.4. The van der Waals surface area contributed by atoms with Crippen molar-refractivity contribution in [3.8, 4) is 73.8 Å². The molecule has 1 aliphatic heterocycles. The summed E-state index contributed by atoms with van der Waals surface area (Å²) in [4.78, 5) is 36.9. The zero-order valence-electron chi connectivity index (χ0n) is 26.1. The maximum Gasteiger partial charge on any atom is 0.308 e. The van der Waals surface area contributed by atoms with E-state index in [0.29, 0.717) is 63.9 Å². The predicted octanol–water partition coefficient (Wildman–Crippen LogP) is 5.75. The van der Waals surface area contributed by atoms with Gasteiger partial charge in [0, 0.05) is 48.7 Å². The van der Waals surface area contributed by atoms with Crippen LogP contribution in [-0.4, -0.2) is 58.3 Å². The van der Waals surface area contributed by atoms with Gasteiger partial charge in [0.15, 0.2) is 40.8 Å². The van der Waals surface area contributed by atoms with Crippen molar-refractivity contribution < 1.29 is 47.5 Å². The molecule has 0 unspecified atom stereocenters. The lowest BCUT2D eigenvalue weighted by Crippen LogP contribution is -2.13. The average molecular weight is 616 g/mol. The predicted molar refractivity (Wildman–Crippen MR) is 165 cm³/mol. The maximum absolute atomic E-state index is 13.0. The van der Waals surface area contributed by atoms with E-state index < -0.39 is 11.9 Å². The first-order valence-electron chi connectivity index (χ1n) is 14.0. The number of hydrogen-bond acceptors (Lipinski definition) is 10. The number of esters is 2. The average Bonchev–Trinajstić information content (AvgIpc) is 3.37. The number of aryl methyl sites for hydroxylation is 1. The maximum atomic E-state index is 13.0. The monoisotopic (exact) mass is 615 g/mol. The summed E-state index contributed by atoms with van der Waals surface area (Å²) in [6.45, 7) is 3.08. The Morgan fingerprint density at radius 2 is 1.20 bits per heavy atom. The molecule has 0 saturated heterocycles. The number of aromatic nitrogens is 1. The Morgan fingerprint density at radius 3 is 1.78 bits per heavy atom. The first-order chi connectivity index (χ1) is 21.7. The molecule has 0 bridgehead atoms. The second kappa shape index (κ2) is 12.7. The van der Waals surface area contributed by atoms with E-state index >= 15 is 0 Å². The van der Waals surface area contributed by atoms with Crippen LogP contribution in [0, 0.1) is 0 Å². The topological polar surface area (TPSA) is 121 Å². The molecule has 2 heterocycles. The molecule has 0 atom stereocenters. The van der Waals surface area contributed by atoms with Crippen LogP contribution in [-0.2, 0) is 22.6 Å². The van der Waals surface area contributed by atoms with Gasteiger partial charge in [-0.05, 0) is 47.9 Å². The van der Waals surface area contributed by atoms with Gasteiger partial charge in [0.25, 0.3) is 0 Å². The first kappa shape index (κ1) is 31.0. The molecule has 234 valence electrons. The van der Waals surface area contributed by atoms with Gasteiger partial charge < -0.3 is 37.7 Å². The summed E-state index contributed by atoms with van der Waals surface area (Å²) in [6.07, 6.45) is 1.42. The van der Waals surface area contributed by atoms with Crippen molar-refractivity contribution in [1.29, 1.82) is 0 Å². The quantitative estimate of drug-likeness (QED) is 0.124. The summed E-state index contributed by atoms with van der Waals surface area (Å²) in [5.74, 6) is 1.37. The first-order valence-corrected chi connectivity index (χ1v) is 14.0. The highest BCUT2D eigenvalue weighted by Gasteiger charge is 2.33. The van der Waals surface area contributed by atoms with Crippen molar-refractivity contribution in [3.05, 3.63) is 53.7 Å². The van der Waals surface area contributed by atoms with Crippen molar-refractivity contribution in [2.24, 2.45) is 0 Å². The molecule has 4 aromatic rings. The largest absolute Gasteiger partial charge is 0.496 e. The van der Waals surface area contributed by atoms with E-state index in [1.807, 2.05) is 22.8 Å². The van der Waals surface area contributed by atoms with Gasteiger partial charge in [-0.15, -0.1) is 0 Å². The lowest BCUT2D eigenvalue weighted by atomic mass is 9.89. The number of benzene rings is 3. The van der Waals surface area contributed by atoms with E-state index in [9.17, 15) is 14.4 Å². The second-order valence-corrected chi connectivity index (χ2v) is 10.1. The summed E-state index contributed by atoms with van der Waals surface area (Å²) in [5.41, 5.74) is 5.27. The van der Waals surface area contributed by atoms with Crippen LogP contribution in [0.2, 0.25) is 0 Å². The summed E-state index contributed by atoms with van der Waals surface area (Å²) in [6, 6.07) is 12.3. The fourth-order valence-electron chi connectivity index (χ4n) is 5.77. The molecule has 11 heteroatoms. The molecule has 45 heavy (non-hydrogen) atoms. The molecule has 3 aromatic carbocycles. The van der Waals surface area contributed by atoms with E-state index in [0.717, 1.165) is 23.1 Å². The Balaban J connectivity index is 1.93. The second-order valence-electron chi connectivity index (χ2n) is 10.1. The lowest BCUT2D eigenvalue weighted by Gasteiger charge is -2.23. The lowest BCUT2D eigenvalue weighted by molar-refractivity contribution is -0.132. The molecule has 0 amide bonds. The molecule has 0 N–H and O–H groups in total. The van der Waals surface area contributed by atoms with Gasteiger partial charge in [-0.2, -0.15) is 0 Å². The van der Waals surface area contributed by atoms with Gasteiger partial charge in [0.05, 0.1) is 46.9 Å². The molecule has 0 aliphatic carbocycles. The fourth-order valence-corrected chi connectivity index (χ4v) is 5.77. The summed E-state index contributed by atoms with van der Waals surface area (Å²) >= 11 is 0. The van der Waals surface area contributed by atoms with Crippen LogP contribution in [0.1, 0.15) is 29.9 Å². The Hall–Kier alpha value is -5.45. The Kier molecular flexibility index (Phi) is 8.71. The minimum absolute atomic E-state index is 0.160. The summed E-state index contributed by atoms with van der Waals surface area (Å²) in [7, 11) is 7.56. The number of ether oxygens (including phenoxy) is 7. The van der Waals surface area contributed by atoms with E-state index in [4.69, 9.17) is 33.2 Å². The van der Waals surface area contributed by atoms with Gasteiger partial charge in [-0.3, -0.25) is 14.4 Å². The third kappa shape index (κ3) is 5.52. The fraction of sp³-hybridized carbons (Fsp3) is 0.265. The standard InChI is InChI=1S/C34H33NO10/c1-18(37)44-30-13-21(8-9-25(30)39-3)32-33(23-15-29(43-7)31(45-19(2)38)16-26(23)40-4)24(17-36)35-11-10-20-12-27(41-5)28(42-6)14-22(20)34(32)35/h8-9,12-17H,10-11H2,1-7H3. The summed E-state index contributed by atoms with van der Waals surface area (Å²) < 4.78 is 41.0. The number of methoxy groups -OCH3 is 5. The number of rotatable bonds is 10. The molecule has 11 nitrogen and oxygen atoms in total. The van der Waals surface area contributed by atoms with Crippen LogP contribution >= 0.6 is 0 Å². The number of hydrogen-bond donors (Lipinski definition) is 0. The Labute approximate surface area is 260 Å². The highest BCUT2D eigenvalue weighted by molar-refractivity contribution is 6.05. The van der Waals surface area contributed by atoms with Crippen LogP contribution in [0.3, 0.4) is 0 Å². The van der Waals surface area contributed by atoms with Gasteiger partial charge >= 0.3 is 11.9 Å². The number of nitrogens with zero attached hydrogens (tertiary/aromatic N) is 1. The minimum atomic E-state index is -0.533. The molecule has 5 rings (SSSR count). The van der Waals surface area contributed by atoms with Crippen LogP contribution in [0.4, 0.5) is 0 Å². The number of aldehydes is 1. The van der Waals surface area contributed by atoms with Crippen LogP contribution in [0.5, 0.6) is 40.2 Å². The molecule has 0 saturated carbocycles. The molecule has 0 fully saturated rings. The van der Waals surface area contributed by atoms with Crippen molar-refractivity contribution in [3.63, 3.8) is 0 Å².